The molecule has 0 unspecified atom stereocenters. The molecule has 3 N–H and O–H groups in total. The van der Waals surface area contributed by atoms with Gasteiger partial charge in [0.05, 0.1) is 17.1 Å². The van der Waals surface area contributed by atoms with Crippen molar-refractivity contribution in [3.63, 3.8) is 0 Å². The highest BCUT2D eigenvalue weighted by Gasteiger charge is 2.33. The second-order valence-electron chi connectivity index (χ2n) is 3.62. The molecule has 0 aromatic heterocycles. The number of amides is 1. The lowest BCUT2D eigenvalue weighted by molar-refractivity contribution is -0.137. The van der Waals surface area contributed by atoms with Crippen LogP contribution in [0.15, 0.2) is 18.2 Å². The number of carbonyl (C=O) groups is 2. The Bertz CT molecular complexity index is 503. The zero-order chi connectivity index (χ0) is 14.6. The zero-order valence-electron chi connectivity index (χ0n) is 9.55. The number of carbonyl (C=O) groups excluding carboxylic acids is 2. The van der Waals surface area contributed by atoms with Gasteiger partial charge in [-0.3, -0.25) is 9.59 Å². The molecule has 0 aliphatic heterocycles. The van der Waals surface area contributed by atoms with Crippen molar-refractivity contribution in [3.05, 3.63) is 34.3 Å². The molecule has 1 aromatic carbocycles. The van der Waals surface area contributed by atoms with E-state index in [-0.39, 0.29) is 12.1 Å². The van der Waals surface area contributed by atoms with Crippen molar-refractivity contribution >= 4 is 23.3 Å². The molecule has 8 heteroatoms. The number of halogens is 4. The van der Waals surface area contributed by atoms with E-state index in [1.54, 1.807) is 0 Å². The van der Waals surface area contributed by atoms with E-state index in [0.29, 0.717) is 0 Å². The highest BCUT2D eigenvalue weighted by atomic mass is 35.5. The molecule has 0 aliphatic carbocycles. The van der Waals surface area contributed by atoms with Gasteiger partial charge in [-0.2, -0.15) is 13.2 Å². The average Bonchev–Trinajstić information content (AvgIpc) is 2.35. The van der Waals surface area contributed by atoms with Crippen molar-refractivity contribution < 1.29 is 22.8 Å². The van der Waals surface area contributed by atoms with Crippen molar-refractivity contribution in [2.24, 2.45) is 5.73 Å². The Kier molecular flexibility index (Phi) is 4.90. The number of nitrogens with one attached hydrogen (secondary N) is 1. The topological polar surface area (TPSA) is 72.2 Å². The van der Waals surface area contributed by atoms with Crippen molar-refractivity contribution in [2.75, 3.05) is 6.54 Å². The minimum atomic E-state index is -4.58. The summed E-state index contributed by atoms with van der Waals surface area (Å²) in [5.41, 5.74) is 4.15. The van der Waals surface area contributed by atoms with E-state index in [9.17, 15) is 22.8 Å². The molecule has 0 radical (unpaired) electrons. The molecule has 4 nitrogen and oxygen atoms in total. The second-order valence-corrected chi connectivity index (χ2v) is 4.03. The predicted octanol–water partition coefficient (Wildman–Crippen LogP) is 1.50. The molecule has 0 heterocycles. The number of ketones is 1. The lowest BCUT2D eigenvalue weighted by Gasteiger charge is -2.11. The highest BCUT2D eigenvalue weighted by Crippen LogP contribution is 2.35. The van der Waals surface area contributed by atoms with E-state index in [1.165, 1.54) is 6.07 Å². The molecule has 0 spiro atoms. The Morgan fingerprint density at radius 3 is 2.47 bits per heavy atom. The number of nitrogens with two attached hydrogens (primary N) is 1. The minimum absolute atomic E-state index is 0.176. The van der Waals surface area contributed by atoms with E-state index >= 15 is 0 Å². The van der Waals surface area contributed by atoms with Crippen LogP contribution in [0, 0.1) is 0 Å². The van der Waals surface area contributed by atoms with Gasteiger partial charge in [0.15, 0.2) is 0 Å². The Morgan fingerprint density at radius 1 is 1.32 bits per heavy atom. The standard InChI is InChI=1S/C11H10ClF3N2O2/c12-8-2-1-6(3-7(8)11(13,14)15)5-17-10(19)9(18)4-16/h1-3H,4-5,16H2,(H,17,19). The largest absolute Gasteiger partial charge is 0.417 e. The molecule has 1 rings (SSSR count). The Balaban J connectivity index is 2.81. The molecular weight excluding hydrogens is 285 g/mol. The number of benzene rings is 1. The van der Waals surface area contributed by atoms with Gasteiger partial charge in [-0.05, 0) is 17.7 Å². The summed E-state index contributed by atoms with van der Waals surface area (Å²) in [5, 5.41) is 1.74. The number of hydrogen-bond acceptors (Lipinski definition) is 3. The maximum Gasteiger partial charge on any atom is 0.417 e. The zero-order valence-corrected chi connectivity index (χ0v) is 10.3. The maximum atomic E-state index is 12.6. The Morgan fingerprint density at radius 2 is 1.95 bits per heavy atom. The quantitative estimate of drug-likeness (QED) is 0.827. The van der Waals surface area contributed by atoms with Gasteiger partial charge in [0.1, 0.15) is 0 Å². The van der Waals surface area contributed by atoms with E-state index in [4.69, 9.17) is 17.3 Å². The summed E-state index contributed by atoms with van der Waals surface area (Å²) in [4.78, 5) is 22.0. The van der Waals surface area contributed by atoms with Gasteiger partial charge >= 0.3 is 6.18 Å². The summed E-state index contributed by atoms with van der Waals surface area (Å²) in [6.45, 7) is -0.676. The van der Waals surface area contributed by atoms with Gasteiger partial charge in [0.25, 0.3) is 5.91 Å². The van der Waals surface area contributed by atoms with E-state index in [0.717, 1.165) is 12.1 Å². The van der Waals surface area contributed by atoms with E-state index in [2.05, 4.69) is 5.32 Å². The van der Waals surface area contributed by atoms with Crippen LogP contribution in [0.3, 0.4) is 0 Å². The van der Waals surface area contributed by atoms with Crippen LogP contribution in [0.25, 0.3) is 0 Å². The molecule has 1 amide bonds. The van der Waals surface area contributed by atoms with Crippen LogP contribution in [-0.4, -0.2) is 18.2 Å². The fraction of sp³-hybridized carbons (Fsp3) is 0.273. The van der Waals surface area contributed by atoms with Gasteiger partial charge in [-0.15, -0.1) is 0 Å². The lowest BCUT2D eigenvalue weighted by Crippen LogP contribution is -2.34. The summed E-state index contributed by atoms with van der Waals surface area (Å²) in [7, 11) is 0. The van der Waals surface area contributed by atoms with Crippen molar-refractivity contribution in [3.8, 4) is 0 Å². The lowest BCUT2D eigenvalue weighted by atomic mass is 10.1. The molecule has 19 heavy (non-hydrogen) atoms. The normalized spacial score (nSPS) is 11.2. The number of Topliss-reactive ketones (excluding diaryl/α,β-unsaturated/α-hetero) is 1. The van der Waals surface area contributed by atoms with Crippen LogP contribution in [0.1, 0.15) is 11.1 Å². The molecule has 0 saturated heterocycles. The Labute approximate surface area is 111 Å². The second kappa shape index (κ2) is 6.03. The molecule has 0 saturated carbocycles. The van der Waals surface area contributed by atoms with Crippen molar-refractivity contribution in [2.45, 2.75) is 12.7 Å². The van der Waals surface area contributed by atoms with E-state index < -0.39 is 35.0 Å². The number of rotatable bonds is 4. The first-order valence-corrected chi connectivity index (χ1v) is 5.50. The minimum Gasteiger partial charge on any atom is -0.345 e. The third kappa shape index (κ3) is 4.22. The highest BCUT2D eigenvalue weighted by molar-refractivity contribution is 6.36. The third-order valence-corrected chi connectivity index (χ3v) is 2.56. The van der Waals surface area contributed by atoms with Crippen LogP contribution in [0.4, 0.5) is 13.2 Å². The molecule has 0 atom stereocenters. The summed E-state index contributed by atoms with van der Waals surface area (Å²) < 4.78 is 37.7. The Hall–Kier alpha value is -1.60. The van der Waals surface area contributed by atoms with Crippen LogP contribution < -0.4 is 11.1 Å². The van der Waals surface area contributed by atoms with Gasteiger partial charge in [0.2, 0.25) is 5.78 Å². The predicted molar refractivity (Wildman–Crippen MR) is 62.4 cm³/mol. The number of alkyl halides is 3. The van der Waals surface area contributed by atoms with Gasteiger partial charge < -0.3 is 11.1 Å². The first-order chi connectivity index (χ1) is 8.75. The first kappa shape index (κ1) is 15.5. The number of hydrogen-bond donors (Lipinski definition) is 2. The van der Waals surface area contributed by atoms with Gasteiger partial charge in [-0.1, -0.05) is 17.7 Å². The summed E-state index contributed by atoms with van der Waals surface area (Å²) in [6.07, 6.45) is -4.58. The molecule has 104 valence electrons. The fourth-order valence-electron chi connectivity index (χ4n) is 1.27. The molecule has 0 aliphatic rings. The maximum absolute atomic E-state index is 12.6. The van der Waals surface area contributed by atoms with Crippen LogP contribution >= 0.6 is 11.6 Å². The smallest absolute Gasteiger partial charge is 0.345 e. The summed E-state index contributed by atoms with van der Waals surface area (Å²) in [6, 6.07) is 3.22. The van der Waals surface area contributed by atoms with Crippen molar-refractivity contribution in [1.82, 2.24) is 5.32 Å². The fourth-order valence-corrected chi connectivity index (χ4v) is 1.50. The van der Waals surface area contributed by atoms with Crippen LogP contribution in [-0.2, 0) is 22.3 Å². The van der Waals surface area contributed by atoms with Gasteiger partial charge in [-0.25, -0.2) is 0 Å². The monoisotopic (exact) mass is 294 g/mol. The average molecular weight is 295 g/mol. The molecular formula is C11H10ClF3N2O2. The molecule has 0 bridgehead atoms. The molecule has 1 aromatic rings. The van der Waals surface area contributed by atoms with Crippen molar-refractivity contribution in [1.29, 1.82) is 0 Å². The van der Waals surface area contributed by atoms with Crippen LogP contribution in [0.5, 0.6) is 0 Å². The summed E-state index contributed by atoms with van der Waals surface area (Å²) in [5.74, 6) is -1.78. The third-order valence-electron chi connectivity index (χ3n) is 2.23. The van der Waals surface area contributed by atoms with E-state index in [1.807, 2.05) is 0 Å². The van der Waals surface area contributed by atoms with Gasteiger partial charge in [0, 0.05) is 6.54 Å². The molecule has 0 fully saturated rings. The SMILES string of the molecule is NCC(=O)C(=O)NCc1ccc(Cl)c(C(F)(F)F)c1. The van der Waals surface area contributed by atoms with Crippen LogP contribution in [0.2, 0.25) is 5.02 Å². The first-order valence-electron chi connectivity index (χ1n) is 5.12. The summed E-state index contributed by atoms with van der Waals surface area (Å²) >= 11 is 5.44.